The Labute approximate surface area is 130 Å². The van der Waals surface area contributed by atoms with Gasteiger partial charge in [0.1, 0.15) is 0 Å². The number of hydrogen-bond acceptors (Lipinski definition) is 4. The van der Waals surface area contributed by atoms with Gasteiger partial charge in [0.25, 0.3) is 5.91 Å². The Morgan fingerprint density at radius 1 is 1.09 bits per heavy atom. The van der Waals surface area contributed by atoms with Crippen LogP contribution in [0.4, 0.5) is 4.79 Å². The molecule has 6 nitrogen and oxygen atoms in total. The van der Waals surface area contributed by atoms with Crippen molar-refractivity contribution in [2.24, 2.45) is 0 Å². The van der Waals surface area contributed by atoms with Crippen molar-refractivity contribution in [2.75, 3.05) is 6.61 Å². The van der Waals surface area contributed by atoms with E-state index < -0.39 is 30.1 Å². The smallest absolute Gasteiger partial charge is 0.338 e. The lowest BCUT2D eigenvalue weighted by atomic mass is 10.1. The summed E-state index contributed by atoms with van der Waals surface area (Å²) in [6, 6.07) is 6.32. The number of carbonyl (C=O) groups excluding carboxylic acids is 3. The molecule has 0 aromatic heterocycles. The van der Waals surface area contributed by atoms with Crippen LogP contribution in [0.25, 0.3) is 0 Å². The third kappa shape index (κ3) is 6.39. The maximum absolute atomic E-state index is 11.8. The van der Waals surface area contributed by atoms with E-state index in [1.54, 1.807) is 32.9 Å². The van der Waals surface area contributed by atoms with E-state index in [-0.39, 0.29) is 0 Å². The number of ether oxygens (including phenoxy) is 1. The maximum Gasteiger partial charge on any atom is 0.338 e. The number of carbonyl (C=O) groups is 3. The molecule has 0 fully saturated rings. The predicted molar refractivity (Wildman–Crippen MR) is 82.5 cm³/mol. The fourth-order valence-electron chi connectivity index (χ4n) is 1.63. The lowest BCUT2D eigenvalue weighted by molar-refractivity contribution is -0.123. The molecule has 0 saturated carbocycles. The molecule has 22 heavy (non-hydrogen) atoms. The molecule has 2 N–H and O–H groups in total. The largest absolute Gasteiger partial charge is 0.452 e. The molecule has 1 aromatic rings. The zero-order valence-electron chi connectivity index (χ0n) is 13.4. The molecule has 0 bridgehead atoms. The molecular formula is C16H22N2O4. The second-order valence-electron chi connectivity index (χ2n) is 5.88. The van der Waals surface area contributed by atoms with Crippen LogP contribution in [0.2, 0.25) is 0 Å². The van der Waals surface area contributed by atoms with Crippen LogP contribution in [0.3, 0.4) is 0 Å². The van der Waals surface area contributed by atoms with Gasteiger partial charge in [-0.25, -0.2) is 9.59 Å². The number of rotatable bonds is 4. The van der Waals surface area contributed by atoms with Crippen LogP contribution in [0.5, 0.6) is 0 Å². The minimum Gasteiger partial charge on any atom is -0.452 e. The standard InChI is InChI=1S/C16H22N2O4/c1-5-11-6-8-12(9-7-11)14(20)22-10-13(19)17-15(21)18-16(2,3)4/h6-9H,5,10H2,1-4H3,(H2,17,18,19,21). The van der Waals surface area contributed by atoms with E-state index in [0.29, 0.717) is 5.56 Å². The van der Waals surface area contributed by atoms with Gasteiger partial charge in [-0.15, -0.1) is 0 Å². The number of hydrogen-bond donors (Lipinski definition) is 2. The van der Waals surface area contributed by atoms with Crippen molar-refractivity contribution in [1.82, 2.24) is 10.6 Å². The fourth-order valence-corrected chi connectivity index (χ4v) is 1.63. The van der Waals surface area contributed by atoms with Crippen LogP contribution in [-0.2, 0) is 16.0 Å². The Kier molecular flexibility index (Phi) is 6.10. The molecule has 0 heterocycles. The van der Waals surface area contributed by atoms with Crippen LogP contribution < -0.4 is 10.6 Å². The molecule has 0 unspecified atom stereocenters. The third-order valence-corrected chi connectivity index (χ3v) is 2.67. The highest BCUT2D eigenvalue weighted by Crippen LogP contribution is 2.06. The molecule has 0 spiro atoms. The summed E-state index contributed by atoms with van der Waals surface area (Å²) in [6.45, 7) is 6.87. The minimum atomic E-state index is -0.680. The van der Waals surface area contributed by atoms with Crippen molar-refractivity contribution in [1.29, 1.82) is 0 Å². The number of benzene rings is 1. The summed E-state index contributed by atoms with van der Waals surface area (Å²) in [4.78, 5) is 34.8. The van der Waals surface area contributed by atoms with Gasteiger partial charge in [-0.2, -0.15) is 0 Å². The van der Waals surface area contributed by atoms with Crippen molar-refractivity contribution in [3.63, 3.8) is 0 Å². The van der Waals surface area contributed by atoms with E-state index in [1.165, 1.54) is 0 Å². The van der Waals surface area contributed by atoms with Crippen molar-refractivity contribution >= 4 is 17.9 Å². The van der Waals surface area contributed by atoms with Crippen LogP contribution in [-0.4, -0.2) is 30.1 Å². The molecule has 1 rings (SSSR count). The Morgan fingerprint density at radius 3 is 2.18 bits per heavy atom. The fraction of sp³-hybridized carbons (Fsp3) is 0.438. The summed E-state index contributed by atoms with van der Waals surface area (Å²) in [5.74, 6) is -1.28. The summed E-state index contributed by atoms with van der Waals surface area (Å²) in [5, 5.41) is 4.67. The van der Waals surface area contributed by atoms with Crippen LogP contribution in [0.15, 0.2) is 24.3 Å². The van der Waals surface area contributed by atoms with Gasteiger partial charge in [-0.3, -0.25) is 10.1 Å². The molecule has 6 heteroatoms. The summed E-state index contributed by atoms with van der Waals surface area (Å²) in [7, 11) is 0. The average Bonchev–Trinajstić information content (AvgIpc) is 2.42. The van der Waals surface area contributed by atoms with Gasteiger partial charge in [0.05, 0.1) is 5.56 Å². The lowest BCUT2D eigenvalue weighted by Gasteiger charge is -2.20. The average molecular weight is 306 g/mol. The van der Waals surface area contributed by atoms with Gasteiger partial charge < -0.3 is 10.1 Å². The third-order valence-electron chi connectivity index (χ3n) is 2.67. The first kappa shape index (κ1) is 17.7. The molecule has 0 saturated heterocycles. The molecular weight excluding hydrogens is 284 g/mol. The highest BCUT2D eigenvalue weighted by Gasteiger charge is 2.16. The van der Waals surface area contributed by atoms with E-state index in [1.807, 2.05) is 19.1 Å². The van der Waals surface area contributed by atoms with Gasteiger partial charge in [-0.1, -0.05) is 19.1 Å². The highest BCUT2D eigenvalue weighted by atomic mass is 16.5. The van der Waals surface area contributed by atoms with Gasteiger partial charge in [0, 0.05) is 5.54 Å². The van der Waals surface area contributed by atoms with Crippen molar-refractivity contribution < 1.29 is 19.1 Å². The number of amides is 3. The van der Waals surface area contributed by atoms with Gasteiger partial charge in [-0.05, 0) is 44.9 Å². The highest BCUT2D eigenvalue weighted by molar-refractivity contribution is 5.97. The molecule has 1 aromatic carbocycles. The quantitative estimate of drug-likeness (QED) is 0.834. The summed E-state index contributed by atoms with van der Waals surface area (Å²) in [6.07, 6.45) is 0.876. The molecule has 0 aliphatic rings. The van der Waals surface area contributed by atoms with Gasteiger partial charge in [0.2, 0.25) is 0 Å². The topological polar surface area (TPSA) is 84.5 Å². The molecule has 0 aliphatic heterocycles. The van der Waals surface area contributed by atoms with Gasteiger partial charge in [0.15, 0.2) is 6.61 Å². The normalized spacial score (nSPS) is 10.7. The predicted octanol–water partition coefficient (Wildman–Crippen LogP) is 2.03. The molecule has 0 atom stereocenters. The number of urea groups is 1. The second kappa shape index (κ2) is 7.59. The molecule has 120 valence electrons. The Morgan fingerprint density at radius 2 is 1.68 bits per heavy atom. The molecule has 0 aliphatic carbocycles. The first-order valence-corrected chi connectivity index (χ1v) is 7.09. The summed E-state index contributed by atoms with van der Waals surface area (Å²) < 4.78 is 4.86. The number of nitrogens with one attached hydrogen (secondary N) is 2. The number of imide groups is 1. The Hall–Kier alpha value is -2.37. The van der Waals surface area contributed by atoms with Crippen LogP contribution in [0.1, 0.15) is 43.6 Å². The van der Waals surface area contributed by atoms with Crippen molar-refractivity contribution in [3.05, 3.63) is 35.4 Å². The van der Waals surface area contributed by atoms with E-state index in [0.717, 1.165) is 12.0 Å². The van der Waals surface area contributed by atoms with Crippen molar-refractivity contribution in [3.8, 4) is 0 Å². The minimum absolute atomic E-state index is 0.365. The second-order valence-corrected chi connectivity index (χ2v) is 5.88. The summed E-state index contributed by atoms with van der Waals surface area (Å²) in [5.41, 5.74) is 1.01. The van der Waals surface area contributed by atoms with E-state index in [4.69, 9.17) is 4.74 Å². The maximum atomic E-state index is 11.8. The van der Waals surface area contributed by atoms with E-state index in [9.17, 15) is 14.4 Å². The Balaban J connectivity index is 2.43. The monoisotopic (exact) mass is 306 g/mol. The first-order chi connectivity index (χ1) is 10.2. The Bertz CT molecular complexity index is 544. The van der Waals surface area contributed by atoms with Crippen LogP contribution >= 0.6 is 0 Å². The number of aryl methyl sites for hydroxylation is 1. The molecule has 3 amide bonds. The van der Waals surface area contributed by atoms with Gasteiger partial charge >= 0.3 is 12.0 Å². The number of esters is 1. The SMILES string of the molecule is CCc1ccc(C(=O)OCC(=O)NC(=O)NC(C)(C)C)cc1. The lowest BCUT2D eigenvalue weighted by Crippen LogP contribution is -2.49. The zero-order chi connectivity index (χ0) is 16.8. The molecule has 0 radical (unpaired) electrons. The first-order valence-electron chi connectivity index (χ1n) is 7.09. The zero-order valence-corrected chi connectivity index (χ0v) is 13.4. The van der Waals surface area contributed by atoms with E-state index >= 15 is 0 Å². The van der Waals surface area contributed by atoms with E-state index in [2.05, 4.69) is 10.6 Å². The van der Waals surface area contributed by atoms with Crippen molar-refractivity contribution in [2.45, 2.75) is 39.7 Å². The summed E-state index contributed by atoms with van der Waals surface area (Å²) >= 11 is 0. The van der Waals surface area contributed by atoms with Crippen LogP contribution in [0, 0.1) is 0 Å².